The average Bonchev–Trinajstić information content (AvgIpc) is 2.92. The van der Waals surface area contributed by atoms with Crippen LogP contribution in [-0.2, 0) is 19.4 Å². The summed E-state index contributed by atoms with van der Waals surface area (Å²) in [6, 6.07) is 5.28. The summed E-state index contributed by atoms with van der Waals surface area (Å²) in [6.45, 7) is 2.86. The van der Waals surface area contributed by atoms with Gasteiger partial charge in [-0.05, 0) is 49.9 Å². The van der Waals surface area contributed by atoms with Gasteiger partial charge >= 0.3 is 6.09 Å². The molecule has 1 amide bonds. The van der Waals surface area contributed by atoms with Crippen LogP contribution in [-0.4, -0.2) is 26.9 Å². The van der Waals surface area contributed by atoms with Crippen LogP contribution in [0.1, 0.15) is 24.6 Å². The molecular formula is C15H18N2O3. The Balaban J connectivity index is 2.05. The number of benzene rings is 1. The Morgan fingerprint density at radius 1 is 1.50 bits per heavy atom. The number of aromatic hydroxyl groups is 1. The van der Waals surface area contributed by atoms with Crippen molar-refractivity contribution in [3.8, 4) is 5.75 Å². The van der Waals surface area contributed by atoms with Gasteiger partial charge in [-0.2, -0.15) is 0 Å². The molecule has 0 unspecified atom stereocenters. The van der Waals surface area contributed by atoms with Crippen LogP contribution >= 0.6 is 0 Å². The van der Waals surface area contributed by atoms with E-state index in [1.807, 2.05) is 13.0 Å². The number of fused-ring (bicyclic) bond motifs is 3. The summed E-state index contributed by atoms with van der Waals surface area (Å²) in [7, 11) is 0. The highest BCUT2D eigenvalue weighted by molar-refractivity contribution is 5.87. The molecule has 5 heteroatoms. The van der Waals surface area contributed by atoms with Crippen LogP contribution < -0.4 is 5.32 Å². The molecule has 3 N–H and O–H groups in total. The Labute approximate surface area is 116 Å². The molecule has 0 fully saturated rings. The van der Waals surface area contributed by atoms with Gasteiger partial charge in [-0.15, -0.1) is 0 Å². The normalized spacial score (nSPS) is 15.2. The molecule has 0 saturated carbocycles. The molecule has 0 aliphatic carbocycles. The van der Waals surface area contributed by atoms with Crippen LogP contribution in [0.2, 0.25) is 0 Å². The van der Waals surface area contributed by atoms with E-state index in [4.69, 9.17) is 5.11 Å². The largest absolute Gasteiger partial charge is 0.508 e. The summed E-state index contributed by atoms with van der Waals surface area (Å²) in [6.07, 6.45) is 1.79. The minimum atomic E-state index is -1.000. The number of hydrogen-bond donors (Lipinski definition) is 3. The van der Waals surface area contributed by atoms with E-state index in [0.717, 1.165) is 35.9 Å². The summed E-state index contributed by atoms with van der Waals surface area (Å²) in [4.78, 5) is 10.7. The lowest BCUT2D eigenvalue weighted by Crippen LogP contribution is -2.32. The zero-order chi connectivity index (χ0) is 14.3. The number of hydrogen-bond acceptors (Lipinski definition) is 2. The fraction of sp³-hybridized carbons (Fsp3) is 0.400. The minimum absolute atomic E-state index is 0.147. The third-order valence-corrected chi connectivity index (χ3v) is 3.95. The lowest BCUT2D eigenvalue weighted by atomic mass is 10.0. The van der Waals surface area contributed by atoms with Gasteiger partial charge in [0.05, 0.1) is 0 Å². The first-order valence-electron chi connectivity index (χ1n) is 6.88. The third-order valence-electron chi connectivity index (χ3n) is 3.95. The van der Waals surface area contributed by atoms with Gasteiger partial charge in [0.25, 0.3) is 0 Å². The molecule has 1 aromatic heterocycles. The van der Waals surface area contributed by atoms with Gasteiger partial charge in [0, 0.05) is 29.2 Å². The van der Waals surface area contributed by atoms with E-state index in [1.54, 1.807) is 12.1 Å². The zero-order valence-electron chi connectivity index (χ0n) is 11.4. The Kier molecular flexibility index (Phi) is 3.04. The van der Waals surface area contributed by atoms with E-state index < -0.39 is 6.09 Å². The molecule has 2 aromatic rings. The number of carbonyl (C=O) groups is 1. The number of amides is 1. The van der Waals surface area contributed by atoms with Crippen molar-refractivity contribution >= 4 is 17.0 Å². The molecule has 5 nitrogen and oxygen atoms in total. The van der Waals surface area contributed by atoms with E-state index in [9.17, 15) is 9.90 Å². The number of rotatable bonds is 3. The molecule has 20 heavy (non-hydrogen) atoms. The first kappa shape index (κ1) is 12.8. The highest BCUT2D eigenvalue weighted by Crippen LogP contribution is 2.34. The quantitative estimate of drug-likeness (QED) is 0.805. The Bertz CT molecular complexity index is 675. The van der Waals surface area contributed by atoms with Crippen molar-refractivity contribution in [3.05, 3.63) is 29.5 Å². The van der Waals surface area contributed by atoms with Gasteiger partial charge in [-0.1, -0.05) is 0 Å². The van der Waals surface area contributed by atoms with Gasteiger partial charge < -0.3 is 20.1 Å². The smallest absolute Gasteiger partial charge is 0.404 e. The van der Waals surface area contributed by atoms with Crippen LogP contribution in [0.25, 0.3) is 10.9 Å². The van der Waals surface area contributed by atoms with Gasteiger partial charge in [0.2, 0.25) is 0 Å². The number of nitrogens with zero attached hydrogens (tertiary/aromatic N) is 1. The fourth-order valence-corrected chi connectivity index (χ4v) is 3.21. The molecule has 0 saturated heterocycles. The third kappa shape index (κ3) is 2.09. The molecule has 1 aliphatic heterocycles. The maximum atomic E-state index is 10.7. The van der Waals surface area contributed by atoms with E-state index >= 15 is 0 Å². The standard InChI is InChI=1S/C15H18N2O3/c1-9(16-15(19)20)7-11-12-8-10(18)4-5-14(12)17-6-2-3-13(11)17/h4-5,8-9,16,18H,2-3,6-7H2,1H3,(H,19,20)/t9-/m0/s1. The summed E-state index contributed by atoms with van der Waals surface area (Å²) in [5, 5.41) is 22.1. The zero-order valence-corrected chi connectivity index (χ0v) is 11.4. The minimum Gasteiger partial charge on any atom is -0.508 e. The fourth-order valence-electron chi connectivity index (χ4n) is 3.21. The number of phenolic OH excluding ortho intramolecular Hbond substituents is 1. The first-order chi connectivity index (χ1) is 9.56. The van der Waals surface area contributed by atoms with Crippen molar-refractivity contribution in [3.63, 3.8) is 0 Å². The maximum Gasteiger partial charge on any atom is 0.404 e. The highest BCUT2D eigenvalue weighted by atomic mass is 16.4. The molecule has 2 heterocycles. The van der Waals surface area contributed by atoms with Crippen LogP contribution in [0.4, 0.5) is 4.79 Å². The molecule has 0 bridgehead atoms. The van der Waals surface area contributed by atoms with Crippen molar-refractivity contribution in [1.29, 1.82) is 0 Å². The van der Waals surface area contributed by atoms with Crippen LogP contribution in [0.15, 0.2) is 18.2 Å². The number of carboxylic acid groups (broad SMARTS) is 1. The number of nitrogens with one attached hydrogen (secondary N) is 1. The van der Waals surface area contributed by atoms with Crippen molar-refractivity contribution in [1.82, 2.24) is 9.88 Å². The van der Waals surface area contributed by atoms with Crippen molar-refractivity contribution in [2.24, 2.45) is 0 Å². The monoisotopic (exact) mass is 274 g/mol. The van der Waals surface area contributed by atoms with Gasteiger partial charge in [-0.25, -0.2) is 4.79 Å². The Morgan fingerprint density at radius 3 is 3.05 bits per heavy atom. The summed E-state index contributed by atoms with van der Waals surface area (Å²) in [5.41, 5.74) is 3.58. The van der Waals surface area contributed by atoms with E-state index in [-0.39, 0.29) is 11.8 Å². The lowest BCUT2D eigenvalue weighted by molar-refractivity contribution is 0.190. The number of aromatic nitrogens is 1. The van der Waals surface area contributed by atoms with Gasteiger partial charge in [-0.3, -0.25) is 0 Å². The molecule has 1 aromatic carbocycles. The predicted octanol–water partition coefficient (Wildman–Crippen LogP) is 2.49. The Morgan fingerprint density at radius 2 is 2.30 bits per heavy atom. The SMILES string of the molecule is C[C@@H](Cc1c2n(c3ccc(O)cc13)CCC2)NC(=O)O. The summed E-state index contributed by atoms with van der Waals surface area (Å²) < 4.78 is 2.29. The summed E-state index contributed by atoms with van der Waals surface area (Å²) in [5.74, 6) is 0.252. The second kappa shape index (κ2) is 4.74. The number of phenols is 1. The molecule has 3 rings (SSSR count). The molecule has 1 aliphatic rings. The van der Waals surface area contributed by atoms with Crippen molar-refractivity contribution in [2.45, 2.75) is 38.8 Å². The molecule has 106 valence electrons. The lowest BCUT2D eigenvalue weighted by Gasteiger charge is -2.12. The predicted molar refractivity (Wildman–Crippen MR) is 76.3 cm³/mol. The Hall–Kier alpha value is -2.17. The first-order valence-corrected chi connectivity index (χ1v) is 6.88. The average molecular weight is 274 g/mol. The van der Waals surface area contributed by atoms with E-state index in [2.05, 4.69) is 9.88 Å². The van der Waals surface area contributed by atoms with Crippen LogP contribution in [0, 0.1) is 0 Å². The van der Waals surface area contributed by atoms with Crippen molar-refractivity contribution in [2.75, 3.05) is 0 Å². The topological polar surface area (TPSA) is 74.5 Å². The summed E-state index contributed by atoms with van der Waals surface area (Å²) >= 11 is 0. The molecule has 0 radical (unpaired) electrons. The van der Waals surface area contributed by atoms with Crippen molar-refractivity contribution < 1.29 is 15.0 Å². The molecule has 0 spiro atoms. The van der Waals surface area contributed by atoms with Crippen LogP contribution in [0.3, 0.4) is 0 Å². The van der Waals surface area contributed by atoms with Gasteiger partial charge in [0.1, 0.15) is 5.75 Å². The molecule has 1 atom stereocenters. The second-order valence-electron chi connectivity index (χ2n) is 5.44. The van der Waals surface area contributed by atoms with E-state index in [0.29, 0.717) is 6.42 Å². The van der Waals surface area contributed by atoms with Crippen LogP contribution in [0.5, 0.6) is 5.75 Å². The maximum absolute atomic E-state index is 10.7. The highest BCUT2D eigenvalue weighted by Gasteiger charge is 2.22. The van der Waals surface area contributed by atoms with E-state index in [1.165, 1.54) is 5.69 Å². The molecular weight excluding hydrogens is 256 g/mol. The van der Waals surface area contributed by atoms with Gasteiger partial charge in [0.15, 0.2) is 0 Å². The number of aryl methyl sites for hydroxylation is 1. The second-order valence-corrected chi connectivity index (χ2v) is 5.44.